The van der Waals surface area contributed by atoms with Crippen LogP contribution in [0.25, 0.3) is 0 Å². The van der Waals surface area contributed by atoms with Crippen molar-refractivity contribution >= 4 is 11.8 Å². The Bertz CT molecular complexity index is 163. The molecule has 1 N–H and O–H groups in total. The van der Waals surface area contributed by atoms with Gasteiger partial charge in [0.2, 0.25) is 0 Å². The van der Waals surface area contributed by atoms with Crippen LogP contribution >= 0.6 is 11.8 Å². The molecule has 0 spiro atoms. The maximum Gasteiger partial charge on any atom is 0.00790 e. The van der Waals surface area contributed by atoms with Gasteiger partial charge in [-0.05, 0) is 42.1 Å². The number of hydrogen-bond acceptors (Lipinski definition) is 2. The Morgan fingerprint density at radius 1 is 1.36 bits per heavy atom. The average molecular weight is 169 g/mol. The van der Waals surface area contributed by atoms with Crippen molar-refractivity contribution in [3.8, 4) is 0 Å². The minimum Gasteiger partial charge on any atom is -0.313 e. The highest BCUT2D eigenvalue weighted by molar-refractivity contribution is 7.99. The van der Waals surface area contributed by atoms with Crippen molar-refractivity contribution in [2.24, 2.45) is 11.3 Å². The molecule has 2 bridgehead atoms. The van der Waals surface area contributed by atoms with E-state index in [0.29, 0.717) is 0 Å². The summed E-state index contributed by atoms with van der Waals surface area (Å²) in [7, 11) is 0. The molecule has 11 heavy (non-hydrogen) atoms. The van der Waals surface area contributed by atoms with Gasteiger partial charge in [0.15, 0.2) is 0 Å². The summed E-state index contributed by atoms with van der Waals surface area (Å²) in [6.45, 7) is 1.34. The molecule has 0 amide bonds. The van der Waals surface area contributed by atoms with E-state index in [4.69, 9.17) is 0 Å². The molecule has 62 valence electrons. The van der Waals surface area contributed by atoms with Gasteiger partial charge in [0.1, 0.15) is 0 Å². The minimum absolute atomic E-state index is 0.786. The molecule has 0 aromatic rings. The van der Waals surface area contributed by atoms with Gasteiger partial charge in [0.05, 0.1) is 0 Å². The molecule has 1 nitrogen and oxygen atoms in total. The molecule has 0 aromatic heterocycles. The standard InChI is InChI=1S/C9H15NS/c1-2-11-5-7(1)9-3-8(4-9)10-6-9/h7-8,10H,1-6H2. The summed E-state index contributed by atoms with van der Waals surface area (Å²) in [6, 6.07) is 0.917. The monoisotopic (exact) mass is 169 g/mol. The van der Waals surface area contributed by atoms with Gasteiger partial charge in [-0.1, -0.05) is 0 Å². The fourth-order valence-corrected chi connectivity index (χ4v) is 4.48. The van der Waals surface area contributed by atoms with Crippen molar-refractivity contribution in [3.05, 3.63) is 0 Å². The van der Waals surface area contributed by atoms with E-state index in [0.717, 1.165) is 17.4 Å². The molecule has 2 heteroatoms. The van der Waals surface area contributed by atoms with E-state index in [1.165, 1.54) is 37.3 Å². The molecule has 1 atom stereocenters. The molecule has 4 fully saturated rings. The van der Waals surface area contributed by atoms with Gasteiger partial charge in [-0.25, -0.2) is 0 Å². The minimum atomic E-state index is 0.786. The lowest BCUT2D eigenvalue weighted by atomic mass is 9.62. The second-order valence-electron chi connectivity index (χ2n) is 4.41. The largest absolute Gasteiger partial charge is 0.313 e. The Morgan fingerprint density at radius 2 is 2.27 bits per heavy atom. The summed E-state index contributed by atoms with van der Waals surface area (Å²) in [5.74, 6) is 3.95. The molecular formula is C9H15NS. The van der Waals surface area contributed by atoms with Crippen LogP contribution in [0.15, 0.2) is 0 Å². The van der Waals surface area contributed by atoms with Gasteiger partial charge in [0, 0.05) is 12.6 Å². The van der Waals surface area contributed by atoms with E-state index >= 15 is 0 Å². The van der Waals surface area contributed by atoms with Gasteiger partial charge in [0.25, 0.3) is 0 Å². The second-order valence-corrected chi connectivity index (χ2v) is 5.56. The number of hydrogen-bond donors (Lipinski definition) is 1. The molecular weight excluding hydrogens is 154 g/mol. The summed E-state index contributed by atoms with van der Waals surface area (Å²) in [4.78, 5) is 0. The summed E-state index contributed by atoms with van der Waals surface area (Å²) in [5, 5.41) is 3.60. The zero-order valence-electron chi connectivity index (χ0n) is 6.81. The lowest BCUT2D eigenvalue weighted by Crippen LogP contribution is -2.40. The van der Waals surface area contributed by atoms with Crippen LogP contribution in [0.5, 0.6) is 0 Å². The van der Waals surface area contributed by atoms with Crippen molar-refractivity contribution in [1.29, 1.82) is 0 Å². The van der Waals surface area contributed by atoms with Crippen LogP contribution in [0.1, 0.15) is 19.3 Å². The molecule has 1 saturated carbocycles. The molecule has 3 saturated heterocycles. The Morgan fingerprint density at radius 3 is 2.82 bits per heavy atom. The van der Waals surface area contributed by atoms with Crippen LogP contribution < -0.4 is 5.32 Å². The molecule has 1 aliphatic carbocycles. The Hall–Kier alpha value is 0.310. The fraction of sp³-hybridized carbons (Fsp3) is 1.00. The summed E-state index contributed by atoms with van der Waals surface area (Å²) in [6.07, 6.45) is 4.50. The molecule has 0 radical (unpaired) electrons. The summed E-state index contributed by atoms with van der Waals surface area (Å²) >= 11 is 2.16. The SMILES string of the molecule is C1CC(C23CNC(C2)C3)CS1. The lowest BCUT2D eigenvalue weighted by Gasteiger charge is -2.41. The van der Waals surface area contributed by atoms with E-state index < -0.39 is 0 Å². The van der Waals surface area contributed by atoms with Crippen LogP contribution in [0.3, 0.4) is 0 Å². The fourth-order valence-electron chi connectivity index (χ4n) is 3.05. The first-order valence-corrected chi connectivity index (χ1v) is 5.86. The third kappa shape index (κ3) is 0.829. The van der Waals surface area contributed by atoms with Gasteiger partial charge in [-0.2, -0.15) is 11.8 Å². The average Bonchev–Trinajstić information content (AvgIpc) is 2.59. The van der Waals surface area contributed by atoms with E-state index in [2.05, 4.69) is 17.1 Å². The van der Waals surface area contributed by atoms with Crippen LogP contribution in [-0.2, 0) is 0 Å². The maximum atomic E-state index is 3.60. The van der Waals surface area contributed by atoms with Crippen molar-refractivity contribution < 1.29 is 0 Å². The maximum absolute atomic E-state index is 3.60. The molecule has 4 aliphatic rings. The van der Waals surface area contributed by atoms with E-state index in [1.807, 2.05) is 0 Å². The highest BCUT2D eigenvalue weighted by Crippen LogP contribution is 2.55. The third-order valence-corrected chi connectivity index (χ3v) is 5.01. The first kappa shape index (κ1) is 6.79. The lowest BCUT2D eigenvalue weighted by molar-refractivity contribution is 0.117. The van der Waals surface area contributed by atoms with Gasteiger partial charge in [-0.15, -0.1) is 0 Å². The second kappa shape index (κ2) is 2.17. The van der Waals surface area contributed by atoms with Crippen LogP contribution in [0.2, 0.25) is 0 Å². The number of thioether (sulfide) groups is 1. The molecule has 3 heterocycles. The number of nitrogens with one attached hydrogen (secondary N) is 1. The third-order valence-electron chi connectivity index (χ3n) is 3.84. The van der Waals surface area contributed by atoms with E-state index in [1.54, 1.807) is 0 Å². The Kier molecular flexibility index (Phi) is 1.34. The van der Waals surface area contributed by atoms with Gasteiger partial charge in [-0.3, -0.25) is 0 Å². The van der Waals surface area contributed by atoms with Gasteiger partial charge >= 0.3 is 0 Å². The predicted octanol–water partition coefficient (Wildman–Crippen LogP) is 1.49. The van der Waals surface area contributed by atoms with Gasteiger partial charge < -0.3 is 5.32 Å². The van der Waals surface area contributed by atoms with E-state index in [-0.39, 0.29) is 0 Å². The first-order valence-electron chi connectivity index (χ1n) is 4.70. The highest BCUT2D eigenvalue weighted by atomic mass is 32.2. The normalized spacial score (nSPS) is 54.5. The predicted molar refractivity (Wildman–Crippen MR) is 48.9 cm³/mol. The first-order chi connectivity index (χ1) is 5.39. The van der Waals surface area contributed by atoms with Crippen LogP contribution in [0, 0.1) is 11.3 Å². The topological polar surface area (TPSA) is 12.0 Å². The highest BCUT2D eigenvalue weighted by Gasteiger charge is 2.54. The van der Waals surface area contributed by atoms with Crippen molar-refractivity contribution in [1.82, 2.24) is 5.32 Å². The Labute approximate surface area is 72.3 Å². The quantitative estimate of drug-likeness (QED) is 0.638. The summed E-state index contributed by atoms with van der Waals surface area (Å²) in [5.41, 5.74) is 0.786. The number of fused-ring (bicyclic) bond motifs is 1. The van der Waals surface area contributed by atoms with Crippen molar-refractivity contribution in [2.75, 3.05) is 18.1 Å². The molecule has 3 aliphatic heterocycles. The zero-order chi connectivity index (χ0) is 7.31. The van der Waals surface area contributed by atoms with Crippen LogP contribution in [-0.4, -0.2) is 24.1 Å². The number of rotatable bonds is 1. The molecule has 4 rings (SSSR count). The van der Waals surface area contributed by atoms with Crippen molar-refractivity contribution in [2.45, 2.75) is 25.3 Å². The Balaban J connectivity index is 1.77. The smallest absolute Gasteiger partial charge is 0.00790 e. The molecule has 1 unspecified atom stereocenters. The van der Waals surface area contributed by atoms with Crippen LogP contribution in [0.4, 0.5) is 0 Å². The van der Waals surface area contributed by atoms with E-state index in [9.17, 15) is 0 Å². The van der Waals surface area contributed by atoms with Crippen molar-refractivity contribution in [3.63, 3.8) is 0 Å². The zero-order valence-corrected chi connectivity index (χ0v) is 7.62. The summed E-state index contributed by atoms with van der Waals surface area (Å²) < 4.78 is 0. The molecule has 0 aromatic carbocycles.